The number of fused-ring (bicyclic) bond motifs is 1. The van der Waals surface area contributed by atoms with Crippen molar-refractivity contribution in [3.63, 3.8) is 0 Å². The molecule has 0 aliphatic rings. The third kappa shape index (κ3) is 3.00. The largest absolute Gasteiger partial charge is 0.365 e. The van der Waals surface area contributed by atoms with Gasteiger partial charge in [-0.1, -0.05) is 24.3 Å². The van der Waals surface area contributed by atoms with E-state index in [9.17, 15) is 8.78 Å². The molecule has 3 rings (SSSR count). The molecule has 0 unspecified atom stereocenters. The van der Waals surface area contributed by atoms with Crippen molar-refractivity contribution in [2.45, 2.75) is 19.9 Å². The zero-order valence-corrected chi connectivity index (χ0v) is 12.1. The third-order valence-electron chi connectivity index (χ3n) is 3.14. The van der Waals surface area contributed by atoms with Crippen molar-refractivity contribution in [3.8, 4) is 0 Å². The molecule has 0 aliphatic carbocycles. The number of benzene rings is 1. The number of nitrogens with zero attached hydrogens (tertiary/aromatic N) is 2. The van der Waals surface area contributed by atoms with E-state index < -0.39 is 6.43 Å². The molecule has 2 aromatic heterocycles. The zero-order chi connectivity index (χ0) is 14.8. The summed E-state index contributed by atoms with van der Waals surface area (Å²) in [5.74, 6) is 0.766. The van der Waals surface area contributed by atoms with Gasteiger partial charge in [-0.3, -0.25) is 0 Å². The molecule has 0 aliphatic heterocycles. The molecule has 3 nitrogen and oxygen atoms in total. The van der Waals surface area contributed by atoms with E-state index in [-0.39, 0.29) is 5.56 Å². The smallest absolute Gasteiger partial charge is 0.263 e. The summed E-state index contributed by atoms with van der Waals surface area (Å²) < 4.78 is 25.0. The lowest BCUT2D eigenvalue weighted by Crippen LogP contribution is -2.02. The van der Waals surface area contributed by atoms with Crippen LogP contribution in [0.3, 0.4) is 0 Å². The van der Waals surface area contributed by atoms with Crippen molar-refractivity contribution in [2.75, 3.05) is 5.32 Å². The summed E-state index contributed by atoms with van der Waals surface area (Å²) in [6, 6.07) is 8.34. The van der Waals surface area contributed by atoms with E-state index in [1.165, 1.54) is 23.3 Å². The quantitative estimate of drug-likeness (QED) is 0.768. The van der Waals surface area contributed by atoms with Crippen LogP contribution in [0.15, 0.2) is 36.7 Å². The van der Waals surface area contributed by atoms with Crippen LogP contribution in [0.2, 0.25) is 0 Å². The van der Waals surface area contributed by atoms with Crippen LogP contribution in [0.4, 0.5) is 14.6 Å². The van der Waals surface area contributed by atoms with E-state index in [0.717, 1.165) is 21.6 Å². The van der Waals surface area contributed by atoms with Crippen molar-refractivity contribution in [2.24, 2.45) is 0 Å². The Morgan fingerprint density at radius 2 is 1.95 bits per heavy atom. The van der Waals surface area contributed by atoms with Crippen LogP contribution in [0.25, 0.3) is 10.2 Å². The van der Waals surface area contributed by atoms with Crippen LogP contribution in [0.1, 0.15) is 22.4 Å². The maximum atomic E-state index is 12.5. The highest BCUT2D eigenvalue weighted by molar-refractivity contribution is 7.18. The lowest BCUT2D eigenvalue weighted by Gasteiger charge is -2.07. The van der Waals surface area contributed by atoms with Crippen LogP contribution in [-0.2, 0) is 6.54 Å². The molecule has 6 heteroatoms. The van der Waals surface area contributed by atoms with Crippen LogP contribution < -0.4 is 5.32 Å². The fourth-order valence-corrected chi connectivity index (χ4v) is 2.93. The van der Waals surface area contributed by atoms with E-state index in [4.69, 9.17) is 0 Å². The van der Waals surface area contributed by atoms with Gasteiger partial charge in [-0.2, -0.15) is 0 Å². The molecule has 0 spiro atoms. The highest BCUT2D eigenvalue weighted by Gasteiger charge is 2.08. The Bertz CT molecular complexity index is 753. The fourth-order valence-electron chi connectivity index (χ4n) is 2.08. The highest BCUT2D eigenvalue weighted by Crippen LogP contribution is 2.27. The Morgan fingerprint density at radius 3 is 2.67 bits per heavy atom. The molecule has 1 N–H and O–H groups in total. The topological polar surface area (TPSA) is 37.8 Å². The van der Waals surface area contributed by atoms with E-state index in [2.05, 4.69) is 15.3 Å². The average molecular weight is 305 g/mol. The molecule has 0 fully saturated rings. The molecule has 0 radical (unpaired) electrons. The first-order chi connectivity index (χ1) is 10.1. The molecular weight excluding hydrogens is 292 g/mol. The number of thiophene rings is 1. The average Bonchev–Trinajstić information content (AvgIpc) is 2.86. The Labute approximate surface area is 124 Å². The number of hydrogen-bond acceptors (Lipinski definition) is 4. The molecule has 0 saturated carbocycles. The molecular formula is C15H13F2N3S. The van der Waals surface area contributed by atoms with Gasteiger partial charge in [-0.15, -0.1) is 11.3 Å². The second-order valence-electron chi connectivity index (χ2n) is 4.69. The first kappa shape index (κ1) is 13.9. The van der Waals surface area contributed by atoms with Crippen LogP contribution >= 0.6 is 11.3 Å². The Balaban J connectivity index is 1.77. The van der Waals surface area contributed by atoms with Gasteiger partial charge in [0.05, 0.1) is 5.39 Å². The van der Waals surface area contributed by atoms with E-state index in [0.29, 0.717) is 6.54 Å². The van der Waals surface area contributed by atoms with Gasteiger partial charge < -0.3 is 5.32 Å². The van der Waals surface area contributed by atoms with Crippen molar-refractivity contribution in [3.05, 3.63) is 52.7 Å². The van der Waals surface area contributed by atoms with Gasteiger partial charge in [0.1, 0.15) is 17.0 Å². The SMILES string of the molecule is Cc1cc2c(NCc3ccc(C(F)F)cc3)ncnc2s1. The summed E-state index contributed by atoms with van der Waals surface area (Å²) in [7, 11) is 0. The fraction of sp³-hybridized carbons (Fsp3) is 0.200. The monoisotopic (exact) mass is 305 g/mol. The number of rotatable bonds is 4. The standard InChI is InChI=1S/C15H13F2N3S/c1-9-6-12-14(19-8-20-15(12)21-9)18-7-10-2-4-11(5-3-10)13(16)17/h2-6,8,13H,7H2,1H3,(H,18,19,20). The maximum absolute atomic E-state index is 12.5. The minimum Gasteiger partial charge on any atom is -0.365 e. The Kier molecular flexibility index (Phi) is 3.79. The van der Waals surface area contributed by atoms with Gasteiger partial charge >= 0.3 is 0 Å². The van der Waals surface area contributed by atoms with Crippen LogP contribution in [-0.4, -0.2) is 9.97 Å². The van der Waals surface area contributed by atoms with Gasteiger partial charge in [-0.05, 0) is 18.6 Å². The number of aryl methyl sites for hydroxylation is 1. The van der Waals surface area contributed by atoms with Gasteiger partial charge in [0.2, 0.25) is 0 Å². The third-order valence-corrected chi connectivity index (χ3v) is 4.10. The van der Waals surface area contributed by atoms with Crippen molar-refractivity contribution in [1.82, 2.24) is 9.97 Å². The van der Waals surface area contributed by atoms with E-state index in [1.807, 2.05) is 13.0 Å². The molecule has 108 valence electrons. The van der Waals surface area contributed by atoms with Crippen LogP contribution in [0, 0.1) is 6.92 Å². The summed E-state index contributed by atoms with van der Waals surface area (Å²) in [6.45, 7) is 2.56. The van der Waals surface area contributed by atoms with Gasteiger partial charge in [-0.25, -0.2) is 18.7 Å². The summed E-state index contributed by atoms with van der Waals surface area (Å²) in [4.78, 5) is 10.6. The first-order valence-electron chi connectivity index (χ1n) is 6.45. The number of alkyl halides is 2. The Hall–Kier alpha value is -2.08. The second kappa shape index (κ2) is 5.73. The minimum atomic E-state index is -2.43. The number of hydrogen-bond donors (Lipinski definition) is 1. The molecule has 21 heavy (non-hydrogen) atoms. The number of halogens is 2. The van der Waals surface area contributed by atoms with E-state index in [1.54, 1.807) is 23.5 Å². The molecule has 1 aromatic carbocycles. The predicted octanol–water partition coefficient (Wildman–Crippen LogP) is 4.55. The molecule has 0 saturated heterocycles. The van der Waals surface area contributed by atoms with Crippen molar-refractivity contribution >= 4 is 27.4 Å². The van der Waals surface area contributed by atoms with Gasteiger partial charge in [0.25, 0.3) is 6.43 Å². The predicted molar refractivity (Wildman–Crippen MR) is 80.9 cm³/mol. The Morgan fingerprint density at radius 1 is 1.19 bits per heavy atom. The zero-order valence-electron chi connectivity index (χ0n) is 11.3. The van der Waals surface area contributed by atoms with Gasteiger partial charge in [0.15, 0.2) is 0 Å². The van der Waals surface area contributed by atoms with Crippen LogP contribution in [0.5, 0.6) is 0 Å². The number of anilines is 1. The second-order valence-corrected chi connectivity index (χ2v) is 5.93. The number of aromatic nitrogens is 2. The summed E-state index contributed by atoms with van der Waals surface area (Å²) in [5, 5.41) is 4.22. The molecule has 0 bridgehead atoms. The summed E-state index contributed by atoms with van der Waals surface area (Å²) in [5.41, 5.74) is 0.967. The molecule has 0 atom stereocenters. The highest BCUT2D eigenvalue weighted by atomic mass is 32.1. The van der Waals surface area contributed by atoms with E-state index >= 15 is 0 Å². The molecule has 0 amide bonds. The van der Waals surface area contributed by atoms with Crippen molar-refractivity contribution < 1.29 is 8.78 Å². The maximum Gasteiger partial charge on any atom is 0.263 e. The molecule has 3 aromatic rings. The van der Waals surface area contributed by atoms with Gasteiger partial charge in [0, 0.05) is 17.0 Å². The lowest BCUT2D eigenvalue weighted by molar-refractivity contribution is 0.151. The number of nitrogens with one attached hydrogen (secondary N) is 1. The van der Waals surface area contributed by atoms with Crippen molar-refractivity contribution in [1.29, 1.82) is 0 Å². The normalized spacial score (nSPS) is 11.2. The summed E-state index contributed by atoms with van der Waals surface area (Å²) >= 11 is 1.62. The lowest BCUT2D eigenvalue weighted by atomic mass is 10.1. The summed E-state index contributed by atoms with van der Waals surface area (Å²) in [6.07, 6.45) is -0.900. The first-order valence-corrected chi connectivity index (χ1v) is 7.27. The minimum absolute atomic E-state index is 0.0386. The molecule has 2 heterocycles.